The SMILES string of the molecule is Cc1cc(C(N)Cc2ccc(Br)cn2)cc(C)n1. The van der Waals surface area contributed by atoms with Gasteiger partial charge >= 0.3 is 0 Å². The van der Waals surface area contributed by atoms with Crippen LogP contribution in [0.3, 0.4) is 0 Å². The van der Waals surface area contributed by atoms with Crippen LogP contribution in [0, 0.1) is 13.8 Å². The summed E-state index contributed by atoms with van der Waals surface area (Å²) in [5, 5.41) is 0. The van der Waals surface area contributed by atoms with Crippen molar-refractivity contribution in [2.45, 2.75) is 26.3 Å². The second-order valence-corrected chi connectivity index (χ2v) is 5.38. The molecular weight excluding hydrogens is 290 g/mol. The molecule has 0 aliphatic heterocycles. The number of rotatable bonds is 3. The Morgan fingerprint density at radius 1 is 1.22 bits per heavy atom. The zero-order valence-electron chi connectivity index (χ0n) is 10.5. The molecule has 2 rings (SSSR count). The largest absolute Gasteiger partial charge is 0.324 e. The molecule has 0 aliphatic carbocycles. The molecular formula is C14H16BrN3. The van der Waals surface area contributed by atoms with E-state index in [1.165, 1.54) is 0 Å². The molecule has 0 radical (unpaired) electrons. The fourth-order valence-electron chi connectivity index (χ4n) is 1.95. The lowest BCUT2D eigenvalue weighted by molar-refractivity contribution is 0.702. The molecule has 0 fully saturated rings. The van der Waals surface area contributed by atoms with E-state index in [1.807, 2.05) is 38.1 Å². The molecule has 0 saturated carbocycles. The van der Waals surface area contributed by atoms with Crippen LogP contribution >= 0.6 is 15.9 Å². The van der Waals surface area contributed by atoms with Crippen LogP contribution in [0.2, 0.25) is 0 Å². The third kappa shape index (κ3) is 3.37. The first-order valence-electron chi connectivity index (χ1n) is 5.86. The number of nitrogens with two attached hydrogens (primary N) is 1. The molecule has 4 heteroatoms. The van der Waals surface area contributed by atoms with E-state index in [9.17, 15) is 0 Å². The van der Waals surface area contributed by atoms with Crippen molar-refractivity contribution in [3.63, 3.8) is 0 Å². The summed E-state index contributed by atoms with van der Waals surface area (Å²) in [4.78, 5) is 8.70. The molecule has 1 atom stereocenters. The molecule has 2 N–H and O–H groups in total. The van der Waals surface area contributed by atoms with Gasteiger partial charge in [-0.2, -0.15) is 0 Å². The highest BCUT2D eigenvalue weighted by Gasteiger charge is 2.09. The molecule has 2 aromatic rings. The van der Waals surface area contributed by atoms with Crippen molar-refractivity contribution in [3.8, 4) is 0 Å². The van der Waals surface area contributed by atoms with Gasteiger partial charge in [-0.15, -0.1) is 0 Å². The van der Waals surface area contributed by atoms with Crippen molar-refractivity contribution >= 4 is 15.9 Å². The van der Waals surface area contributed by atoms with E-state index in [0.29, 0.717) is 0 Å². The van der Waals surface area contributed by atoms with Crippen LogP contribution in [0.5, 0.6) is 0 Å². The number of aryl methyl sites for hydroxylation is 2. The van der Waals surface area contributed by atoms with Gasteiger partial charge in [0.25, 0.3) is 0 Å². The van der Waals surface area contributed by atoms with E-state index < -0.39 is 0 Å². The van der Waals surface area contributed by atoms with E-state index in [-0.39, 0.29) is 6.04 Å². The number of pyridine rings is 2. The Kier molecular flexibility index (Phi) is 4.09. The zero-order chi connectivity index (χ0) is 13.1. The van der Waals surface area contributed by atoms with E-state index in [1.54, 1.807) is 6.20 Å². The number of halogens is 1. The highest BCUT2D eigenvalue weighted by Crippen LogP contribution is 2.17. The topological polar surface area (TPSA) is 51.8 Å². The first kappa shape index (κ1) is 13.2. The lowest BCUT2D eigenvalue weighted by atomic mass is 10.0. The molecule has 18 heavy (non-hydrogen) atoms. The summed E-state index contributed by atoms with van der Waals surface area (Å²) in [6.07, 6.45) is 2.53. The summed E-state index contributed by atoms with van der Waals surface area (Å²) in [7, 11) is 0. The van der Waals surface area contributed by atoms with Gasteiger partial charge in [0.2, 0.25) is 0 Å². The van der Waals surface area contributed by atoms with Gasteiger partial charge in [-0.1, -0.05) is 0 Å². The van der Waals surface area contributed by atoms with Gasteiger partial charge in [-0.25, -0.2) is 0 Å². The average Bonchev–Trinajstić information content (AvgIpc) is 2.31. The molecule has 0 amide bonds. The zero-order valence-corrected chi connectivity index (χ0v) is 12.1. The van der Waals surface area contributed by atoms with Gasteiger partial charge in [0, 0.05) is 40.2 Å². The Bertz CT molecular complexity index is 517. The molecule has 2 aromatic heterocycles. The summed E-state index contributed by atoms with van der Waals surface area (Å²) < 4.78 is 0.982. The normalized spacial score (nSPS) is 12.4. The minimum atomic E-state index is -0.0425. The molecule has 0 aromatic carbocycles. The monoisotopic (exact) mass is 305 g/mol. The fourth-order valence-corrected chi connectivity index (χ4v) is 2.19. The van der Waals surface area contributed by atoms with Crippen molar-refractivity contribution in [2.24, 2.45) is 5.73 Å². The lowest BCUT2D eigenvalue weighted by Gasteiger charge is -2.13. The number of aromatic nitrogens is 2. The molecule has 0 bridgehead atoms. The van der Waals surface area contributed by atoms with Crippen molar-refractivity contribution in [3.05, 3.63) is 57.6 Å². The minimum Gasteiger partial charge on any atom is -0.324 e. The summed E-state index contributed by atoms with van der Waals surface area (Å²) in [5.74, 6) is 0. The van der Waals surface area contributed by atoms with Crippen LogP contribution in [0.15, 0.2) is 34.9 Å². The summed E-state index contributed by atoms with van der Waals surface area (Å²) in [6, 6.07) is 8.01. The van der Waals surface area contributed by atoms with Gasteiger partial charge in [-0.05, 0) is 59.6 Å². The Hall–Kier alpha value is -1.26. The van der Waals surface area contributed by atoms with Crippen LogP contribution in [0.4, 0.5) is 0 Å². The van der Waals surface area contributed by atoms with Gasteiger partial charge < -0.3 is 5.73 Å². The Morgan fingerprint density at radius 3 is 2.44 bits per heavy atom. The number of hydrogen-bond donors (Lipinski definition) is 1. The summed E-state index contributed by atoms with van der Waals surface area (Å²) in [5.41, 5.74) is 10.3. The maximum absolute atomic E-state index is 6.22. The lowest BCUT2D eigenvalue weighted by Crippen LogP contribution is -2.14. The Morgan fingerprint density at radius 2 is 1.89 bits per heavy atom. The molecule has 1 unspecified atom stereocenters. The van der Waals surface area contributed by atoms with Crippen molar-refractivity contribution < 1.29 is 0 Å². The van der Waals surface area contributed by atoms with Gasteiger partial charge in [0.05, 0.1) is 0 Å². The summed E-state index contributed by atoms with van der Waals surface area (Å²) >= 11 is 3.37. The molecule has 3 nitrogen and oxygen atoms in total. The fraction of sp³-hybridized carbons (Fsp3) is 0.286. The van der Waals surface area contributed by atoms with E-state index in [2.05, 4.69) is 25.9 Å². The second kappa shape index (κ2) is 5.59. The predicted octanol–water partition coefficient (Wildman–Crippen LogP) is 3.10. The van der Waals surface area contributed by atoms with Gasteiger partial charge in [-0.3, -0.25) is 9.97 Å². The van der Waals surface area contributed by atoms with Crippen LogP contribution in [0.25, 0.3) is 0 Å². The van der Waals surface area contributed by atoms with Crippen molar-refractivity contribution in [2.75, 3.05) is 0 Å². The Labute approximate surface area is 116 Å². The quantitative estimate of drug-likeness (QED) is 0.948. The first-order chi connectivity index (χ1) is 8.54. The van der Waals surface area contributed by atoms with Crippen LogP contribution in [0.1, 0.15) is 28.7 Å². The van der Waals surface area contributed by atoms with Crippen LogP contribution < -0.4 is 5.73 Å². The maximum Gasteiger partial charge on any atom is 0.0423 e. The minimum absolute atomic E-state index is 0.0425. The maximum atomic E-state index is 6.22. The molecule has 2 heterocycles. The average molecular weight is 306 g/mol. The van der Waals surface area contributed by atoms with Crippen molar-refractivity contribution in [1.82, 2.24) is 9.97 Å². The smallest absolute Gasteiger partial charge is 0.0423 e. The van der Waals surface area contributed by atoms with Crippen LogP contribution in [-0.4, -0.2) is 9.97 Å². The van der Waals surface area contributed by atoms with Crippen molar-refractivity contribution in [1.29, 1.82) is 0 Å². The first-order valence-corrected chi connectivity index (χ1v) is 6.65. The molecule has 0 saturated heterocycles. The van der Waals surface area contributed by atoms with Gasteiger partial charge in [0.1, 0.15) is 0 Å². The molecule has 0 spiro atoms. The van der Waals surface area contributed by atoms with Gasteiger partial charge in [0.15, 0.2) is 0 Å². The van der Waals surface area contributed by atoms with E-state index in [0.717, 1.165) is 33.5 Å². The predicted molar refractivity (Wildman–Crippen MR) is 76.3 cm³/mol. The van der Waals surface area contributed by atoms with E-state index >= 15 is 0 Å². The highest BCUT2D eigenvalue weighted by molar-refractivity contribution is 9.10. The molecule has 0 aliphatic rings. The number of nitrogens with zero attached hydrogens (tertiary/aromatic N) is 2. The highest BCUT2D eigenvalue weighted by atomic mass is 79.9. The number of hydrogen-bond acceptors (Lipinski definition) is 3. The second-order valence-electron chi connectivity index (χ2n) is 4.46. The standard InChI is InChI=1S/C14H16BrN3/c1-9-5-11(6-10(2)18-9)14(16)7-13-4-3-12(15)8-17-13/h3-6,8,14H,7,16H2,1-2H3. The van der Waals surface area contributed by atoms with Crippen LogP contribution in [-0.2, 0) is 6.42 Å². The Balaban J connectivity index is 2.16. The third-order valence-electron chi connectivity index (χ3n) is 2.75. The van der Waals surface area contributed by atoms with E-state index in [4.69, 9.17) is 5.73 Å². The third-order valence-corrected chi connectivity index (χ3v) is 3.22. The summed E-state index contributed by atoms with van der Waals surface area (Å²) in [6.45, 7) is 3.97. The molecule has 94 valence electrons.